The number of benzene rings is 1. The molecule has 0 amide bonds. The lowest BCUT2D eigenvalue weighted by Crippen LogP contribution is -2.57. The van der Waals surface area contributed by atoms with Gasteiger partial charge in [-0.25, -0.2) is 0 Å². The lowest BCUT2D eigenvalue weighted by atomic mass is 9.83. The Labute approximate surface area is 116 Å². The number of likely N-dealkylation sites (N-methyl/N-ethyl adjacent to an activating group) is 1. The van der Waals surface area contributed by atoms with Gasteiger partial charge in [0.2, 0.25) is 0 Å². The molecule has 1 aromatic carbocycles. The van der Waals surface area contributed by atoms with Gasteiger partial charge < -0.3 is 15.4 Å². The predicted molar refractivity (Wildman–Crippen MR) is 80.6 cm³/mol. The third kappa shape index (κ3) is 2.77. The van der Waals surface area contributed by atoms with Crippen LogP contribution < -0.4 is 10.6 Å². The number of aryl methyl sites for hydroxylation is 1. The van der Waals surface area contributed by atoms with Gasteiger partial charge in [0.05, 0.1) is 11.6 Å². The molecule has 0 aromatic heterocycles. The number of para-hydroxylation sites is 1. The van der Waals surface area contributed by atoms with Crippen LogP contribution in [0.5, 0.6) is 0 Å². The van der Waals surface area contributed by atoms with E-state index >= 15 is 0 Å². The number of hydrogen-bond donors (Lipinski definition) is 1. The normalized spacial score (nSPS) is 27.3. The topological polar surface area (TPSA) is 38.5 Å². The molecule has 1 saturated heterocycles. The predicted octanol–water partition coefficient (Wildman–Crippen LogP) is 2.72. The monoisotopic (exact) mass is 262 g/mol. The maximum absolute atomic E-state index is 6.15. The van der Waals surface area contributed by atoms with Gasteiger partial charge in [0.25, 0.3) is 0 Å². The second-order valence-electron chi connectivity index (χ2n) is 5.63. The number of ether oxygens (including phenoxy) is 1. The zero-order valence-corrected chi connectivity index (χ0v) is 12.4. The van der Waals surface area contributed by atoms with Crippen LogP contribution >= 0.6 is 0 Å². The van der Waals surface area contributed by atoms with Gasteiger partial charge in [-0.15, -0.1) is 0 Å². The van der Waals surface area contributed by atoms with E-state index in [2.05, 4.69) is 50.1 Å². The molecule has 2 unspecified atom stereocenters. The largest absolute Gasteiger partial charge is 0.378 e. The van der Waals surface area contributed by atoms with Crippen LogP contribution in [0.15, 0.2) is 24.3 Å². The van der Waals surface area contributed by atoms with E-state index < -0.39 is 0 Å². The van der Waals surface area contributed by atoms with Crippen molar-refractivity contribution in [3.8, 4) is 0 Å². The van der Waals surface area contributed by atoms with Crippen molar-refractivity contribution in [3.63, 3.8) is 0 Å². The summed E-state index contributed by atoms with van der Waals surface area (Å²) in [5.41, 5.74) is 8.76. The van der Waals surface area contributed by atoms with E-state index in [1.54, 1.807) is 0 Å². The summed E-state index contributed by atoms with van der Waals surface area (Å²) in [6.45, 7) is 5.83. The summed E-state index contributed by atoms with van der Waals surface area (Å²) in [5, 5.41) is 0. The molecular weight excluding hydrogens is 236 g/mol. The highest BCUT2D eigenvalue weighted by molar-refractivity contribution is 5.54. The summed E-state index contributed by atoms with van der Waals surface area (Å²) in [6.07, 6.45) is 3.42. The first kappa shape index (κ1) is 14.4. The van der Waals surface area contributed by atoms with Crippen LogP contribution in [-0.2, 0) is 4.74 Å². The fourth-order valence-corrected chi connectivity index (χ4v) is 3.08. The lowest BCUT2D eigenvalue weighted by Gasteiger charge is -2.48. The van der Waals surface area contributed by atoms with E-state index in [0.29, 0.717) is 12.6 Å². The molecule has 0 bridgehead atoms. The zero-order valence-electron chi connectivity index (χ0n) is 12.4. The molecule has 1 aliphatic rings. The second kappa shape index (κ2) is 5.93. The SMILES string of the molecule is CCC1CC(CN)(N(C)c2ccccc2C)CCO1. The van der Waals surface area contributed by atoms with Gasteiger partial charge in [0.15, 0.2) is 0 Å². The van der Waals surface area contributed by atoms with Crippen LogP contribution in [0.2, 0.25) is 0 Å². The molecule has 2 rings (SSSR count). The molecule has 3 heteroatoms. The quantitative estimate of drug-likeness (QED) is 0.906. The number of nitrogens with two attached hydrogens (primary N) is 1. The van der Waals surface area contributed by atoms with E-state index in [1.807, 2.05) is 0 Å². The first-order valence-electron chi connectivity index (χ1n) is 7.24. The third-order valence-electron chi connectivity index (χ3n) is 4.55. The van der Waals surface area contributed by atoms with Gasteiger partial charge in [-0.3, -0.25) is 0 Å². The van der Waals surface area contributed by atoms with Crippen molar-refractivity contribution in [2.45, 2.75) is 44.8 Å². The van der Waals surface area contributed by atoms with Gasteiger partial charge in [0.1, 0.15) is 0 Å². The molecule has 1 heterocycles. The summed E-state index contributed by atoms with van der Waals surface area (Å²) in [6, 6.07) is 8.52. The Morgan fingerprint density at radius 2 is 2.16 bits per heavy atom. The highest BCUT2D eigenvalue weighted by atomic mass is 16.5. The van der Waals surface area contributed by atoms with Crippen molar-refractivity contribution in [3.05, 3.63) is 29.8 Å². The number of rotatable bonds is 4. The van der Waals surface area contributed by atoms with E-state index in [4.69, 9.17) is 10.5 Å². The molecule has 2 atom stereocenters. The van der Waals surface area contributed by atoms with Crippen molar-refractivity contribution >= 4 is 5.69 Å². The molecule has 3 nitrogen and oxygen atoms in total. The third-order valence-corrected chi connectivity index (χ3v) is 4.55. The Hall–Kier alpha value is -1.06. The summed E-state index contributed by atoms with van der Waals surface area (Å²) in [5.74, 6) is 0. The van der Waals surface area contributed by atoms with Crippen molar-refractivity contribution in [1.82, 2.24) is 0 Å². The Balaban J connectivity index is 2.28. The molecular formula is C16H26N2O. The van der Waals surface area contributed by atoms with Crippen molar-refractivity contribution in [2.75, 3.05) is 25.1 Å². The summed E-state index contributed by atoms with van der Waals surface area (Å²) in [7, 11) is 2.17. The molecule has 19 heavy (non-hydrogen) atoms. The Morgan fingerprint density at radius 3 is 2.79 bits per heavy atom. The molecule has 1 aromatic rings. The van der Waals surface area contributed by atoms with Crippen LogP contribution in [0.1, 0.15) is 31.7 Å². The van der Waals surface area contributed by atoms with Crippen LogP contribution in [-0.4, -0.2) is 31.8 Å². The maximum atomic E-state index is 6.15. The van der Waals surface area contributed by atoms with E-state index in [1.165, 1.54) is 11.3 Å². The van der Waals surface area contributed by atoms with E-state index in [-0.39, 0.29) is 5.54 Å². The molecule has 0 saturated carbocycles. The standard InChI is InChI=1S/C16H26N2O/c1-4-14-11-16(12-17,9-10-19-14)18(3)15-8-6-5-7-13(15)2/h5-8,14H,4,9-12,17H2,1-3H3. The molecule has 2 N–H and O–H groups in total. The summed E-state index contributed by atoms with van der Waals surface area (Å²) >= 11 is 0. The van der Waals surface area contributed by atoms with Gasteiger partial charge in [-0.1, -0.05) is 25.1 Å². The van der Waals surface area contributed by atoms with Gasteiger partial charge in [-0.05, 0) is 37.8 Å². The summed E-state index contributed by atoms with van der Waals surface area (Å²) in [4.78, 5) is 2.38. The minimum atomic E-state index is 0.0328. The van der Waals surface area contributed by atoms with E-state index in [0.717, 1.165) is 25.9 Å². The van der Waals surface area contributed by atoms with Crippen molar-refractivity contribution < 1.29 is 4.74 Å². The van der Waals surface area contributed by atoms with Gasteiger partial charge in [0, 0.05) is 25.9 Å². The van der Waals surface area contributed by atoms with Crippen LogP contribution in [0.3, 0.4) is 0 Å². The smallest absolute Gasteiger partial charge is 0.0595 e. The highest BCUT2D eigenvalue weighted by Gasteiger charge is 2.39. The summed E-state index contributed by atoms with van der Waals surface area (Å²) < 4.78 is 5.82. The number of anilines is 1. The molecule has 0 aliphatic carbocycles. The fraction of sp³-hybridized carbons (Fsp3) is 0.625. The zero-order chi connectivity index (χ0) is 13.9. The lowest BCUT2D eigenvalue weighted by molar-refractivity contribution is -0.0188. The van der Waals surface area contributed by atoms with Crippen molar-refractivity contribution in [2.24, 2.45) is 5.73 Å². The molecule has 1 fully saturated rings. The highest BCUT2D eigenvalue weighted by Crippen LogP contribution is 2.35. The fourth-order valence-electron chi connectivity index (χ4n) is 3.08. The van der Waals surface area contributed by atoms with Gasteiger partial charge >= 0.3 is 0 Å². The number of nitrogens with zero attached hydrogens (tertiary/aromatic N) is 1. The van der Waals surface area contributed by atoms with Crippen LogP contribution in [0, 0.1) is 6.92 Å². The molecule has 1 aliphatic heterocycles. The van der Waals surface area contributed by atoms with Crippen LogP contribution in [0.4, 0.5) is 5.69 Å². The maximum Gasteiger partial charge on any atom is 0.0595 e. The Bertz CT molecular complexity index is 421. The van der Waals surface area contributed by atoms with E-state index in [9.17, 15) is 0 Å². The molecule has 0 radical (unpaired) electrons. The Morgan fingerprint density at radius 1 is 1.42 bits per heavy atom. The van der Waals surface area contributed by atoms with Crippen LogP contribution in [0.25, 0.3) is 0 Å². The second-order valence-corrected chi connectivity index (χ2v) is 5.63. The average Bonchev–Trinajstić information content (AvgIpc) is 2.47. The first-order valence-corrected chi connectivity index (χ1v) is 7.24. The average molecular weight is 262 g/mol. The molecule has 0 spiro atoms. The number of hydrogen-bond acceptors (Lipinski definition) is 3. The Kier molecular flexibility index (Phi) is 4.48. The minimum Gasteiger partial charge on any atom is -0.378 e. The molecule has 106 valence electrons. The van der Waals surface area contributed by atoms with Crippen molar-refractivity contribution in [1.29, 1.82) is 0 Å². The minimum absolute atomic E-state index is 0.0328. The van der Waals surface area contributed by atoms with Gasteiger partial charge in [-0.2, -0.15) is 0 Å². The first-order chi connectivity index (χ1) is 9.13.